The maximum absolute atomic E-state index is 11.5. The van der Waals surface area contributed by atoms with E-state index in [-0.39, 0.29) is 5.56 Å². The maximum Gasteiger partial charge on any atom is 0.336 e. The number of carbonyl (C=O) groups excluding carboxylic acids is 1. The van der Waals surface area contributed by atoms with Gasteiger partial charge in [-0.25, -0.2) is 4.79 Å². The molecule has 1 unspecified atom stereocenters. The highest BCUT2D eigenvalue weighted by Crippen LogP contribution is 2.22. The molecule has 5 heteroatoms. The van der Waals surface area contributed by atoms with Crippen LogP contribution in [0.15, 0.2) is 12.1 Å². The molecule has 0 aliphatic rings. The van der Waals surface area contributed by atoms with E-state index in [1.54, 1.807) is 6.92 Å². The Morgan fingerprint density at radius 3 is 2.50 bits per heavy atom. The van der Waals surface area contributed by atoms with Crippen LogP contribution in [0.4, 0.5) is 5.69 Å². The molecule has 0 saturated carbocycles. The number of nitrogens with two attached hydrogens (primary N) is 1. The summed E-state index contributed by atoms with van der Waals surface area (Å²) in [4.78, 5) is 22.6. The number of primary amides is 1. The van der Waals surface area contributed by atoms with Gasteiger partial charge in [0.15, 0.2) is 0 Å². The second kappa shape index (κ2) is 6.93. The lowest BCUT2D eigenvalue weighted by Crippen LogP contribution is -2.18. The summed E-state index contributed by atoms with van der Waals surface area (Å²) < 4.78 is 0. The van der Waals surface area contributed by atoms with Gasteiger partial charge in [-0.3, -0.25) is 4.79 Å². The van der Waals surface area contributed by atoms with Crippen LogP contribution in [0.2, 0.25) is 0 Å². The number of carboxylic acid groups (broad SMARTS) is 1. The van der Waals surface area contributed by atoms with E-state index in [1.807, 2.05) is 0 Å². The molecule has 0 aromatic heterocycles. The number of aryl methyl sites for hydroxylation is 1. The second-order valence-corrected chi connectivity index (χ2v) is 5.16. The average Bonchev–Trinajstić information content (AvgIpc) is 2.36. The van der Waals surface area contributed by atoms with E-state index >= 15 is 0 Å². The molecule has 5 nitrogen and oxygen atoms in total. The van der Waals surface area contributed by atoms with Gasteiger partial charge >= 0.3 is 5.97 Å². The summed E-state index contributed by atoms with van der Waals surface area (Å²) in [5.74, 6) is -1.13. The molecule has 0 saturated heterocycles. The minimum absolute atomic E-state index is 0.181. The van der Waals surface area contributed by atoms with Gasteiger partial charge < -0.3 is 16.2 Å². The summed E-state index contributed by atoms with van der Waals surface area (Å²) >= 11 is 0. The number of rotatable bonds is 7. The monoisotopic (exact) mass is 278 g/mol. The van der Waals surface area contributed by atoms with E-state index < -0.39 is 11.9 Å². The predicted molar refractivity (Wildman–Crippen MR) is 79.2 cm³/mol. The van der Waals surface area contributed by atoms with Gasteiger partial charge in [-0.1, -0.05) is 20.3 Å². The van der Waals surface area contributed by atoms with E-state index in [4.69, 9.17) is 10.8 Å². The number of hydrogen-bond acceptors (Lipinski definition) is 3. The normalized spacial score (nSPS) is 11.9. The Kier molecular flexibility index (Phi) is 5.55. The molecule has 1 amide bonds. The van der Waals surface area contributed by atoms with Gasteiger partial charge in [0.1, 0.15) is 0 Å². The molecule has 1 aromatic rings. The Morgan fingerprint density at radius 2 is 2.00 bits per heavy atom. The topological polar surface area (TPSA) is 92.4 Å². The SMILES string of the molecule is CCCC(C)CNc1cc(C(=O)O)c(C)cc1C(N)=O. The number of amides is 1. The van der Waals surface area contributed by atoms with Gasteiger partial charge in [0.25, 0.3) is 5.91 Å². The minimum atomic E-state index is -1.01. The summed E-state index contributed by atoms with van der Waals surface area (Å²) in [6.07, 6.45) is 2.15. The van der Waals surface area contributed by atoms with Gasteiger partial charge in [-0.15, -0.1) is 0 Å². The van der Waals surface area contributed by atoms with Gasteiger partial charge in [-0.05, 0) is 37.0 Å². The summed E-state index contributed by atoms with van der Waals surface area (Å²) in [6.45, 7) is 6.54. The largest absolute Gasteiger partial charge is 0.478 e. The second-order valence-electron chi connectivity index (χ2n) is 5.16. The first-order valence-corrected chi connectivity index (χ1v) is 6.78. The van der Waals surface area contributed by atoms with Crippen molar-refractivity contribution in [3.63, 3.8) is 0 Å². The maximum atomic E-state index is 11.5. The highest BCUT2D eigenvalue weighted by Gasteiger charge is 2.15. The number of hydrogen-bond donors (Lipinski definition) is 3. The van der Waals surface area contributed by atoms with Crippen LogP contribution in [-0.4, -0.2) is 23.5 Å². The number of carboxylic acids is 1. The average molecular weight is 278 g/mol. The zero-order valence-corrected chi connectivity index (χ0v) is 12.2. The van der Waals surface area contributed by atoms with Crippen molar-refractivity contribution in [3.05, 3.63) is 28.8 Å². The highest BCUT2D eigenvalue weighted by molar-refractivity contribution is 6.01. The summed E-state index contributed by atoms with van der Waals surface area (Å²) in [6, 6.07) is 3.01. The molecule has 110 valence electrons. The number of nitrogens with one attached hydrogen (secondary N) is 1. The van der Waals surface area contributed by atoms with Crippen molar-refractivity contribution in [1.29, 1.82) is 0 Å². The fourth-order valence-corrected chi connectivity index (χ4v) is 2.17. The van der Waals surface area contributed by atoms with Crippen LogP contribution < -0.4 is 11.1 Å². The fourth-order valence-electron chi connectivity index (χ4n) is 2.17. The summed E-state index contributed by atoms with van der Waals surface area (Å²) in [5, 5.41) is 12.3. The lowest BCUT2D eigenvalue weighted by Gasteiger charge is -2.16. The van der Waals surface area contributed by atoms with E-state index in [9.17, 15) is 9.59 Å². The summed E-state index contributed by atoms with van der Waals surface area (Å²) in [7, 11) is 0. The predicted octanol–water partition coefficient (Wildman–Crippen LogP) is 2.64. The molecule has 4 N–H and O–H groups in total. The van der Waals surface area contributed by atoms with Crippen molar-refractivity contribution in [2.45, 2.75) is 33.6 Å². The molecule has 1 atom stereocenters. The molecule has 0 bridgehead atoms. The van der Waals surface area contributed by atoms with Gasteiger partial charge in [0.05, 0.1) is 11.1 Å². The Bertz CT molecular complexity index is 512. The van der Waals surface area contributed by atoms with Crippen LogP contribution in [0.5, 0.6) is 0 Å². The quantitative estimate of drug-likeness (QED) is 0.715. The van der Waals surface area contributed by atoms with Crippen molar-refractivity contribution >= 4 is 17.6 Å². The molecular weight excluding hydrogens is 256 g/mol. The van der Waals surface area contributed by atoms with Crippen LogP contribution in [0.25, 0.3) is 0 Å². The Balaban J connectivity index is 3.05. The Morgan fingerprint density at radius 1 is 1.35 bits per heavy atom. The minimum Gasteiger partial charge on any atom is -0.478 e. The molecule has 0 spiro atoms. The third kappa shape index (κ3) is 3.98. The molecule has 0 aliphatic heterocycles. The van der Waals surface area contributed by atoms with Crippen molar-refractivity contribution in [2.24, 2.45) is 11.7 Å². The van der Waals surface area contributed by atoms with Crippen LogP contribution in [0.3, 0.4) is 0 Å². The van der Waals surface area contributed by atoms with E-state index in [0.29, 0.717) is 29.3 Å². The van der Waals surface area contributed by atoms with Crippen LogP contribution in [-0.2, 0) is 0 Å². The number of benzene rings is 1. The lowest BCUT2D eigenvalue weighted by atomic mass is 10.0. The van der Waals surface area contributed by atoms with Gasteiger partial charge in [0.2, 0.25) is 0 Å². The van der Waals surface area contributed by atoms with Crippen LogP contribution in [0.1, 0.15) is 53.0 Å². The summed E-state index contributed by atoms with van der Waals surface area (Å²) in [5.41, 5.74) is 6.87. The van der Waals surface area contributed by atoms with Crippen molar-refractivity contribution in [2.75, 3.05) is 11.9 Å². The fraction of sp³-hybridized carbons (Fsp3) is 0.467. The molecule has 0 heterocycles. The van der Waals surface area contributed by atoms with Crippen molar-refractivity contribution < 1.29 is 14.7 Å². The van der Waals surface area contributed by atoms with E-state index in [1.165, 1.54) is 12.1 Å². The third-order valence-corrected chi connectivity index (χ3v) is 3.28. The van der Waals surface area contributed by atoms with Gasteiger partial charge in [-0.2, -0.15) is 0 Å². The van der Waals surface area contributed by atoms with Crippen molar-refractivity contribution in [3.8, 4) is 0 Å². The number of carbonyl (C=O) groups is 2. The van der Waals surface area contributed by atoms with E-state index in [2.05, 4.69) is 19.2 Å². The Hall–Kier alpha value is -2.04. The number of anilines is 1. The number of aromatic carboxylic acids is 1. The van der Waals surface area contributed by atoms with E-state index in [0.717, 1.165) is 12.8 Å². The molecule has 0 fully saturated rings. The molecular formula is C15H22N2O3. The van der Waals surface area contributed by atoms with Crippen molar-refractivity contribution in [1.82, 2.24) is 0 Å². The first-order valence-electron chi connectivity index (χ1n) is 6.78. The Labute approximate surface area is 119 Å². The molecule has 0 aliphatic carbocycles. The zero-order chi connectivity index (χ0) is 15.3. The highest BCUT2D eigenvalue weighted by atomic mass is 16.4. The first-order chi connectivity index (χ1) is 9.36. The zero-order valence-electron chi connectivity index (χ0n) is 12.2. The van der Waals surface area contributed by atoms with Gasteiger partial charge in [0, 0.05) is 12.2 Å². The third-order valence-electron chi connectivity index (χ3n) is 3.28. The van der Waals surface area contributed by atoms with Crippen LogP contribution >= 0.6 is 0 Å². The standard InChI is InChI=1S/C15H22N2O3/c1-4-5-9(2)8-17-13-7-11(15(19)20)10(3)6-12(13)14(16)18/h6-7,9,17H,4-5,8H2,1-3H3,(H2,16,18)(H,19,20). The first kappa shape index (κ1) is 16.0. The molecule has 1 rings (SSSR count). The molecule has 0 radical (unpaired) electrons. The molecule has 20 heavy (non-hydrogen) atoms. The smallest absolute Gasteiger partial charge is 0.336 e. The molecule has 1 aromatic carbocycles. The van der Waals surface area contributed by atoms with Crippen LogP contribution in [0, 0.1) is 12.8 Å². The lowest BCUT2D eigenvalue weighted by molar-refractivity contribution is 0.0695.